The quantitative estimate of drug-likeness (QED) is 0.828. The standard InChI is InChI=1S/C12H13BrFNO3S/c1-19-5-4-10(12(17)18)15-11(16)8-6-7(14)2-3-9(8)13/h2-3,6,10H,4-5H2,1H3,(H,15,16)(H,17,18)/t10-/m1/s1. The summed E-state index contributed by atoms with van der Waals surface area (Å²) in [4.78, 5) is 22.9. The fourth-order valence-electron chi connectivity index (χ4n) is 1.40. The van der Waals surface area contributed by atoms with Crippen LogP contribution in [0.2, 0.25) is 0 Å². The Bertz CT molecular complexity index is 484. The van der Waals surface area contributed by atoms with Gasteiger partial charge >= 0.3 is 5.97 Å². The first-order chi connectivity index (χ1) is 8.95. The van der Waals surface area contributed by atoms with Crippen LogP contribution in [-0.2, 0) is 4.79 Å². The van der Waals surface area contributed by atoms with E-state index < -0.39 is 23.7 Å². The van der Waals surface area contributed by atoms with Crippen LogP contribution >= 0.6 is 27.7 Å². The summed E-state index contributed by atoms with van der Waals surface area (Å²) in [6.45, 7) is 0. The summed E-state index contributed by atoms with van der Waals surface area (Å²) in [5.41, 5.74) is 0.0791. The van der Waals surface area contributed by atoms with Gasteiger partial charge in [0.1, 0.15) is 11.9 Å². The van der Waals surface area contributed by atoms with Crippen LogP contribution in [0.25, 0.3) is 0 Å². The average Bonchev–Trinajstić information content (AvgIpc) is 2.36. The van der Waals surface area contributed by atoms with Crippen LogP contribution in [-0.4, -0.2) is 35.0 Å². The van der Waals surface area contributed by atoms with Crippen molar-refractivity contribution in [1.29, 1.82) is 0 Å². The molecule has 0 aliphatic rings. The Morgan fingerprint density at radius 3 is 2.79 bits per heavy atom. The Balaban J connectivity index is 2.81. The first-order valence-corrected chi connectivity index (χ1v) is 7.62. The third-order valence-corrected chi connectivity index (χ3v) is 3.72. The predicted molar refractivity (Wildman–Crippen MR) is 76.0 cm³/mol. The molecule has 7 heteroatoms. The van der Waals surface area contributed by atoms with Crippen molar-refractivity contribution in [3.05, 3.63) is 34.1 Å². The van der Waals surface area contributed by atoms with Gasteiger partial charge in [0.05, 0.1) is 5.56 Å². The molecule has 1 atom stereocenters. The number of hydrogen-bond acceptors (Lipinski definition) is 3. The number of carboxylic acids is 1. The maximum absolute atomic E-state index is 13.1. The normalized spacial score (nSPS) is 11.9. The molecule has 19 heavy (non-hydrogen) atoms. The molecule has 4 nitrogen and oxygen atoms in total. The lowest BCUT2D eigenvalue weighted by molar-refractivity contribution is -0.139. The number of amides is 1. The van der Waals surface area contributed by atoms with Gasteiger partial charge < -0.3 is 10.4 Å². The average molecular weight is 350 g/mol. The van der Waals surface area contributed by atoms with Crippen molar-refractivity contribution in [3.8, 4) is 0 Å². The highest BCUT2D eigenvalue weighted by Crippen LogP contribution is 2.18. The van der Waals surface area contributed by atoms with Crippen LogP contribution in [0.4, 0.5) is 4.39 Å². The molecule has 0 fully saturated rings. The van der Waals surface area contributed by atoms with E-state index in [1.54, 1.807) is 0 Å². The van der Waals surface area contributed by atoms with Crippen molar-refractivity contribution in [3.63, 3.8) is 0 Å². The monoisotopic (exact) mass is 349 g/mol. The maximum atomic E-state index is 13.1. The lowest BCUT2D eigenvalue weighted by Gasteiger charge is -2.14. The summed E-state index contributed by atoms with van der Waals surface area (Å²) in [6.07, 6.45) is 2.17. The minimum absolute atomic E-state index is 0.0791. The lowest BCUT2D eigenvalue weighted by Crippen LogP contribution is -2.41. The van der Waals surface area contributed by atoms with Gasteiger partial charge in [0.2, 0.25) is 0 Å². The van der Waals surface area contributed by atoms with Crippen LogP contribution in [0.5, 0.6) is 0 Å². The van der Waals surface area contributed by atoms with Gasteiger partial charge in [0.25, 0.3) is 5.91 Å². The van der Waals surface area contributed by atoms with Gasteiger partial charge in [-0.05, 0) is 52.6 Å². The second-order valence-electron chi connectivity index (χ2n) is 3.77. The van der Waals surface area contributed by atoms with E-state index in [4.69, 9.17) is 5.11 Å². The number of aliphatic carboxylic acids is 1. The second-order valence-corrected chi connectivity index (χ2v) is 5.61. The molecule has 0 spiro atoms. The van der Waals surface area contributed by atoms with Gasteiger partial charge in [-0.15, -0.1) is 0 Å². The lowest BCUT2D eigenvalue weighted by atomic mass is 10.1. The van der Waals surface area contributed by atoms with Crippen molar-refractivity contribution in [2.45, 2.75) is 12.5 Å². The molecule has 0 unspecified atom stereocenters. The molecular weight excluding hydrogens is 337 g/mol. The van der Waals surface area contributed by atoms with E-state index in [1.807, 2.05) is 6.26 Å². The molecule has 0 saturated carbocycles. The smallest absolute Gasteiger partial charge is 0.326 e. The zero-order chi connectivity index (χ0) is 14.4. The Kier molecular flexibility index (Phi) is 6.30. The summed E-state index contributed by atoms with van der Waals surface area (Å²) in [6, 6.07) is 2.70. The molecule has 1 rings (SSSR count). The molecule has 104 valence electrons. The van der Waals surface area contributed by atoms with Crippen LogP contribution < -0.4 is 5.32 Å². The fraction of sp³-hybridized carbons (Fsp3) is 0.333. The van der Waals surface area contributed by atoms with Crippen LogP contribution in [0, 0.1) is 5.82 Å². The minimum Gasteiger partial charge on any atom is -0.480 e. The van der Waals surface area contributed by atoms with Crippen LogP contribution in [0.15, 0.2) is 22.7 Å². The van der Waals surface area contributed by atoms with Crippen molar-refractivity contribution in [2.24, 2.45) is 0 Å². The number of rotatable bonds is 6. The van der Waals surface area contributed by atoms with Gasteiger partial charge in [-0.25, -0.2) is 9.18 Å². The molecule has 0 radical (unpaired) electrons. The third kappa shape index (κ3) is 4.83. The Morgan fingerprint density at radius 1 is 1.53 bits per heavy atom. The number of carbonyl (C=O) groups is 2. The summed E-state index contributed by atoms with van der Waals surface area (Å²) < 4.78 is 13.5. The van der Waals surface area contributed by atoms with Gasteiger partial charge in [0, 0.05) is 4.47 Å². The molecule has 0 aromatic heterocycles. The summed E-state index contributed by atoms with van der Waals surface area (Å²) in [5, 5.41) is 11.4. The molecule has 1 aromatic rings. The Labute approximate surface area is 122 Å². The Hall–Kier alpha value is -1.08. The highest BCUT2D eigenvalue weighted by atomic mass is 79.9. The maximum Gasteiger partial charge on any atom is 0.326 e. The third-order valence-electron chi connectivity index (χ3n) is 2.39. The first-order valence-electron chi connectivity index (χ1n) is 5.43. The van der Waals surface area contributed by atoms with Crippen LogP contribution in [0.1, 0.15) is 16.8 Å². The van der Waals surface area contributed by atoms with E-state index in [-0.39, 0.29) is 5.56 Å². The highest BCUT2D eigenvalue weighted by Gasteiger charge is 2.21. The largest absolute Gasteiger partial charge is 0.480 e. The van der Waals surface area contributed by atoms with Gasteiger partial charge in [-0.2, -0.15) is 11.8 Å². The zero-order valence-corrected chi connectivity index (χ0v) is 12.6. The molecule has 0 saturated heterocycles. The summed E-state index contributed by atoms with van der Waals surface area (Å²) >= 11 is 4.62. The van der Waals surface area contributed by atoms with Crippen molar-refractivity contribution >= 4 is 39.6 Å². The van der Waals surface area contributed by atoms with Crippen molar-refractivity contribution < 1.29 is 19.1 Å². The van der Waals surface area contributed by atoms with E-state index in [1.165, 1.54) is 23.9 Å². The van der Waals surface area contributed by atoms with E-state index in [0.717, 1.165) is 6.07 Å². The van der Waals surface area contributed by atoms with Gasteiger partial charge in [-0.1, -0.05) is 0 Å². The number of halogens is 2. The SMILES string of the molecule is CSCC[C@@H](NC(=O)c1cc(F)ccc1Br)C(=O)O. The number of hydrogen-bond donors (Lipinski definition) is 2. The first kappa shape index (κ1) is 16.0. The molecule has 0 bridgehead atoms. The number of thioether (sulfide) groups is 1. The van der Waals surface area contributed by atoms with Gasteiger partial charge in [-0.3, -0.25) is 4.79 Å². The van der Waals surface area contributed by atoms with Gasteiger partial charge in [0.15, 0.2) is 0 Å². The van der Waals surface area contributed by atoms with Crippen LogP contribution in [0.3, 0.4) is 0 Å². The van der Waals surface area contributed by atoms with E-state index in [0.29, 0.717) is 16.6 Å². The fourth-order valence-corrected chi connectivity index (χ4v) is 2.30. The van der Waals surface area contributed by atoms with E-state index in [9.17, 15) is 14.0 Å². The molecule has 1 aromatic carbocycles. The molecule has 0 heterocycles. The molecule has 0 aliphatic heterocycles. The Morgan fingerprint density at radius 2 is 2.21 bits per heavy atom. The molecular formula is C12H13BrFNO3S. The minimum atomic E-state index is -1.10. The molecule has 0 aliphatic carbocycles. The molecule has 2 N–H and O–H groups in total. The summed E-state index contributed by atoms with van der Waals surface area (Å²) in [5.74, 6) is -1.65. The summed E-state index contributed by atoms with van der Waals surface area (Å²) in [7, 11) is 0. The van der Waals surface area contributed by atoms with Crippen molar-refractivity contribution in [2.75, 3.05) is 12.0 Å². The van der Waals surface area contributed by atoms with E-state index in [2.05, 4.69) is 21.2 Å². The second kappa shape index (κ2) is 7.49. The van der Waals surface area contributed by atoms with Crippen molar-refractivity contribution in [1.82, 2.24) is 5.32 Å². The molecule has 1 amide bonds. The van der Waals surface area contributed by atoms with E-state index >= 15 is 0 Å². The predicted octanol–water partition coefficient (Wildman–Crippen LogP) is 2.52. The number of carboxylic acid groups (broad SMARTS) is 1. The number of benzene rings is 1. The highest BCUT2D eigenvalue weighted by molar-refractivity contribution is 9.10. The zero-order valence-electron chi connectivity index (χ0n) is 10.2. The number of nitrogens with one attached hydrogen (secondary N) is 1. The topological polar surface area (TPSA) is 66.4 Å². The number of carbonyl (C=O) groups excluding carboxylic acids is 1.